The fraction of sp³-hybridized carbons (Fsp3) is 0.158. The zero-order chi connectivity index (χ0) is 18.0. The smallest absolute Gasteiger partial charge is 0.335 e. The van der Waals surface area contributed by atoms with Gasteiger partial charge in [0.2, 0.25) is 0 Å². The van der Waals surface area contributed by atoms with Gasteiger partial charge < -0.3 is 5.11 Å². The molecular formula is C19H18N4O2. The van der Waals surface area contributed by atoms with Gasteiger partial charge in [0, 0.05) is 25.0 Å². The van der Waals surface area contributed by atoms with E-state index in [0.717, 1.165) is 27.9 Å². The Morgan fingerprint density at radius 1 is 1.20 bits per heavy atom. The van der Waals surface area contributed by atoms with Gasteiger partial charge in [-0.05, 0) is 48.7 Å². The van der Waals surface area contributed by atoms with E-state index in [2.05, 4.69) is 15.1 Å². The molecule has 0 radical (unpaired) electrons. The molecule has 0 saturated heterocycles. The third-order valence-corrected chi connectivity index (χ3v) is 3.93. The lowest BCUT2D eigenvalue weighted by Gasteiger charge is -2.06. The zero-order valence-electron chi connectivity index (χ0n) is 14.3. The van der Waals surface area contributed by atoms with Crippen LogP contribution >= 0.6 is 0 Å². The van der Waals surface area contributed by atoms with Crippen molar-refractivity contribution < 1.29 is 9.90 Å². The summed E-state index contributed by atoms with van der Waals surface area (Å²) >= 11 is 0. The highest BCUT2D eigenvalue weighted by atomic mass is 16.4. The van der Waals surface area contributed by atoms with Crippen molar-refractivity contribution in [2.24, 2.45) is 7.05 Å². The number of nitrogens with zero attached hydrogens (tertiary/aromatic N) is 4. The van der Waals surface area contributed by atoms with Crippen molar-refractivity contribution in [3.63, 3.8) is 0 Å². The Hall–Kier alpha value is -3.28. The summed E-state index contributed by atoms with van der Waals surface area (Å²) in [5, 5.41) is 13.4. The van der Waals surface area contributed by atoms with Gasteiger partial charge in [0.25, 0.3) is 0 Å². The number of aromatic carboxylic acids is 1. The second kappa shape index (κ2) is 6.68. The lowest BCUT2D eigenvalue weighted by atomic mass is 9.99. The summed E-state index contributed by atoms with van der Waals surface area (Å²) in [6.07, 6.45) is 8.95. The van der Waals surface area contributed by atoms with E-state index in [0.29, 0.717) is 11.4 Å². The van der Waals surface area contributed by atoms with Crippen LogP contribution < -0.4 is 0 Å². The molecule has 3 rings (SSSR count). The number of hydrogen-bond donors (Lipinski definition) is 1. The van der Waals surface area contributed by atoms with E-state index in [1.54, 1.807) is 36.1 Å². The SMILES string of the molecule is Cc1cc(C)c(C(=O)O)cc1/C=C/c1nccc(-c2cnn(C)c2)n1. The molecule has 0 atom stereocenters. The summed E-state index contributed by atoms with van der Waals surface area (Å²) in [4.78, 5) is 20.1. The average molecular weight is 334 g/mol. The quantitative estimate of drug-likeness (QED) is 0.791. The van der Waals surface area contributed by atoms with Crippen molar-refractivity contribution in [1.29, 1.82) is 0 Å². The molecule has 1 aromatic carbocycles. The molecule has 0 aliphatic carbocycles. The Bertz CT molecular complexity index is 973. The Morgan fingerprint density at radius 2 is 2.00 bits per heavy atom. The van der Waals surface area contributed by atoms with Crippen LogP contribution in [0.5, 0.6) is 0 Å². The molecule has 1 N–H and O–H groups in total. The predicted molar refractivity (Wildman–Crippen MR) is 96.0 cm³/mol. The highest BCUT2D eigenvalue weighted by Crippen LogP contribution is 2.19. The number of rotatable bonds is 4. The molecule has 25 heavy (non-hydrogen) atoms. The third kappa shape index (κ3) is 3.63. The molecule has 3 aromatic rings. The van der Waals surface area contributed by atoms with Gasteiger partial charge in [-0.25, -0.2) is 14.8 Å². The fourth-order valence-corrected chi connectivity index (χ4v) is 2.61. The monoisotopic (exact) mass is 334 g/mol. The van der Waals surface area contributed by atoms with E-state index in [-0.39, 0.29) is 0 Å². The summed E-state index contributed by atoms with van der Waals surface area (Å²) in [7, 11) is 1.85. The van der Waals surface area contributed by atoms with Crippen LogP contribution in [0.25, 0.3) is 23.4 Å². The third-order valence-electron chi connectivity index (χ3n) is 3.93. The van der Waals surface area contributed by atoms with Crippen molar-refractivity contribution in [2.45, 2.75) is 13.8 Å². The molecule has 2 heterocycles. The summed E-state index contributed by atoms with van der Waals surface area (Å²) in [5.74, 6) is -0.375. The number of carboxylic acids is 1. The average Bonchev–Trinajstić information content (AvgIpc) is 3.00. The summed E-state index contributed by atoms with van der Waals surface area (Å²) in [6.45, 7) is 3.75. The number of carboxylic acid groups (broad SMARTS) is 1. The van der Waals surface area contributed by atoms with Crippen molar-refractivity contribution in [1.82, 2.24) is 19.7 Å². The van der Waals surface area contributed by atoms with Gasteiger partial charge in [0.15, 0.2) is 5.82 Å². The molecule has 0 spiro atoms. The topological polar surface area (TPSA) is 80.9 Å². The molecule has 126 valence electrons. The Morgan fingerprint density at radius 3 is 2.68 bits per heavy atom. The minimum absolute atomic E-state index is 0.301. The largest absolute Gasteiger partial charge is 0.478 e. The maximum absolute atomic E-state index is 11.3. The molecule has 0 amide bonds. The first-order valence-electron chi connectivity index (χ1n) is 7.79. The van der Waals surface area contributed by atoms with Gasteiger partial charge in [-0.1, -0.05) is 12.1 Å². The van der Waals surface area contributed by atoms with E-state index in [9.17, 15) is 9.90 Å². The van der Waals surface area contributed by atoms with Crippen LogP contribution in [0.4, 0.5) is 0 Å². The second-order valence-electron chi connectivity index (χ2n) is 5.86. The Balaban J connectivity index is 1.92. The highest BCUT2D eigenvalue weighted by molar-refractivity contribution is 5.90. The fourth-order valence-electron chi connectivity index (χ4n) is 2.61. The molecule has 6 heteroatoms. The van der Waals surface area contributed by atoms with Gasteiger partial charge in [-0.2, -0.15) is 5.10 Å². The van der Waals surface area contributed by atoms with Crippen LogP contribution in [0.1, 0.15) is 32.9 Å². The van der Waals surface area contributed by atoms with Gasteiger partial charge >= 0.3 is 5.97 Å². The molecule has 0 bridgehead atoms. The Kier molecular flexibility index (Phi) is 4.43. The first-order chi connectivity index (χ1) is 11.9. The predicted octanol–water partition coefficient (Wildman–Crippen LogP) is 3.36. The number of aryl methyl sites for hydroxylation is 3. The van der Waals surface area contributed by atoms with E-state index >= 15 is 0 Å². The highest BCUT2D eigenvalue weighted by Gasteiger charge is 2.09. The molecule has 0 aliphatic heterocycles. The molecule has 2 aromatic heterocycles. The molecule has 0 fully saturated rings. The first kappa shape index (κ1) is 16.6. The number of aromatic nitrogens is 4. The lowest BCUT2D eigenvalue weighted by molar-refractivity contribution is 0.0696. The minimum Gasteiger partial charge on any atom is -0.478 e. The van der Waals surface area contributed by atoms with E-state index in [1.807, 2.05) is 38.4 Å². The molecular weight excluding hydrogens is 316 g/mol. The van der Waals surface area contributed by atoms with E-state index < -0.39 is 5.97 Å². The van der Waals surface area contributed by atoms with Crippen molar-refractivity contribution in [2.75, 3.05) is 0 Å². The summed E-state index contributed by atoms with van der Waals surface area (Å²) < 4.78 is 1.72. The summed E-state index contributed by atoms with van der Waals surface area (Å²) in [5.41, 5.74) is 4.58. The van der Waals surface area contributed by atoms with Gasteiger partial charge in [0.05, 0.1) is 17.5 Å². The number of carbonyl (C=O) groups is 1. The van der Waals surface area contributed by atoms with Gasteiger partial charge in [0.1, 0.15) is 0 Å². The number of benzene rings is 1. The maximum Gasteiger partial charge on any atom is 0.335 e. The van der Waals surface area contributed by atoms with Crippen molar-refractivity contribution >= 4 is 18.1 Å². The summed E-state index contributed by atoms with van der Waals surface area (Å²) in [6, 6.07) is 5.37. The second-order valence-corrected chi connectivity index (χ2v) is 5.86. The van der Waals surface area contributed by atoms with Crippen LogP contribution in [-0.2, 0) is 7.05 Å². The zero-order valence-corrected chi connectivity index (χ0v) is 14.3. The molecule has 0 aliphatic rings. The Labute approximate surface area is 145 Å². The van der Waals surface area contributed by atoms with E-state index in [1.165, 1.54) is 0 Å². The van der Waals surface area contributed by atoms with Crippen LogP contribution in [0.2, 0.25) is 0 Å². The lowest BCUT2D eigenvalue weighted by Crippen LogP contribution is -2.01. The van der Waals surface area contributed by atoms with Gasteiger partial charge in [-0.3, -0.25) is 4.68 Å². The van der Waals surface area contributed by atoms with Crippen molar-refractivity contribution in [3.8, 4) is 11.3 Å². The normalized spacial score (nSPS) is 11.2. The molecule has 6 nitrogen and oxygen atoms in total. The first-order valence-corrected chi connectivity index (χ1v) is 7.79. The maximum atomic E-state index is 11.3. The van der Waals surface area contributed by atoms with Crippen molar-refractivity contribution in [3.05, 3.63) is 64.9 Å². The standard InChI is InChI=1S/C19H18N4O2/c1-12-8-13(2)16(19(24)25)9-14(12)4-5-18-20-7-6-17(22-18)15-10-21-23(3)11-15/h4-11H,1-3H3,(H,24,25)/b5-4+. The van der Waals surface area contributed by atoms with Crippen LogP contribution in [-0.4, -0.2) is 30.8 Å². The molecule has 0 unspecified atom stereocenters. The van der Waals surface area contributed by atoms with Gasteiger partial charge in [-0.15, -0.1) is 0 Å². The number of hydrogen-bond acceptors (Lipinski definition) is 4. The van der Waals surface area contributed by atoms with E-state index in [4.69, 9.17) is 0 Å². The minimum atomic E-state index is -0.929. The van der Waals surface area contributed by atoms with Crippen LogP contribution in [0.15, 0.2) is 36.8 Å². The molecule has 0 saturated carbocycles. The van der Waals surface area contributed by atoms with Crippen LogP contribution in [0.3, 0.4) is 0 Å². The van der Waals surface area contributed by atoms with Crippen LogP contribution in [0, 0.1) is 13.8 Å².